The van der Waals surface area contributed by atoms with E-state index in [0.717, 1.165) is 31.5 Å². The number of piperidine rings is 1. The van der Waals surface area contributed by atoms with Gasteiger partial charge >= 0.3 is 0 Å². The lowest BCUT2D eigenvalue weighted by atomic mass is 9.99. The van der Waals surface area contributed by atoms with E-state index < -0.39 is 0 Å². The molecule has 1 aromatic rings. The number of anilines is 1. The van der Waals surface area contributed by atoms with Crippen LogP contribution in [0.3, 0.4) is 0 Å². The molecule has 1 fully saturated rings. The molecule has 7 heteroatoms. The third-order valence-corrected chi connectivity index (χ3v) is 4.21. The van der Waals surface area contributed by atoms with Gasteiger partial charge in [-0.1, -0.05) is 45.9 Å². The van der Waals surface area contributed by atoms with Crippen molar-refractivity contribution in [3.8, 4) is 5.88 Å². The Hall–Kier alpha value is -2.25. The van der Waals surface area contributed by atoms with Gasteiger partial charge in [0.05, 0.1) is 6.61 Å². The zero-order chi connectivity index (χ0) is 22.6. The van der Waals surface area contributed by atoms with Crippen LogP contribution in [0.5, 0.6) is 5.88 Å². The van der Waals surface area contributed by atoms with Gasteiger partial charge in [-0.15, -0.1) is 0 Å². The third-order valence-electron chi connectivity index (χ3n) is 3.99. The lowest BCUT2D eigenvalue weighted by Crippen LogP contribution is -2.30. The minimum atomic E-state index is 0.459. The highest BCUT2D eigenvalue weighted by Gasteiger charge is 2.14. The van der Waals surface area contributed by atoms with Crippen molar-refractivity contribution in [2.45, 2.75) is 54.4 Å². The molecule has 1 aromatic heterocycles. The maximum atomic E-state index is 5.81. The summed E-state index contributed by atoms with van der Waals surface area (Å²) in [6.45, 7) is 14.8. The van der Waals surface area contributed by atoms with E-state index in [9.17, 15) is 0 Å². The van der Waals surface area contributed by atoms with E-state index in [1.165, 1.54) is 6.33 Å². The van der Waals surface area contributed by atoms with Crippen molar-refractivity contribution in [2.24, 2.45) is 5.92 Å². The second kappa shape index (κ2) is 18.8. The summed E-state index contributed by atoms with van der Waals surface area (Å²) in [6.07, 6.45) is 13.5. The van der Waals surface area contributed by atoms with Gasteiger partial charge in [-0.2, -0.15) is 0 Å². The van der Waals surface area contributed by atoms with E-state index >= 15 is 0 Å². The van der Waals surface area contributed by atoms with Gasteiger partial charge in [-0.05, 0) is 69.6 Å². The van der Waals surface area contributed by atoms with Gasteiger partial charge in [-0.3, -0.25) is 0 Å². The molecule has 168 valence electrons. The smallest absolute Gasteiger partial charge is 0.218 e. The van der Waals surface area contributed by atoms with E-state index in [0.29, 0.717) is 29.3 Å². The zero-order valence-corrected chi connectivity index (χ0v) is 20.2. The average molecular weight is 434 g/mol. The molecule has 0 radical (unpaired) electrons. The topological polar surface area (TPSA) is 71.1 Å². The quantitative estimate of drug-likeness (QED) is 0.402. The van der Waals surface area contributed by atoms with Crippen LogP contribution in [-0.4, -0.2) is 34.8 Å². The molecule has 1 aliphatic rings. The predicted octanol–water partition coefficient (Wildman–Crippen LogP) is 5.23. The van der Waals surface area contributed by atoms with E-state index in [2.05, 4.69) is 25.9 Å². The Morgan fingerprint density at radius 2 is 1.87 bits per heavy atom. The second-order valence-electron chi connectivity index (χ2n) is 5.97. The SMILES string of the molecule is CC.CC.C\C=C/C(/C=C/NC(=S)Nc1cc(OCC2CCNCC2)ncn1)=C\C. The lowest BCUT2D eigenvalue weighted by Gasteiger charge is -2.22. The van der Waals surface area contributed by atoms with E-state index in [1.54, 1.807) is 12.3 Å². The molecular formula is C23H39N5OS. The van der Waals surface area contributed by atoms with Crippen LogP contribution in [0.1, 0.15) is 54.4 Å². The molecule has 6 nitrogen and oxygen atoms in total. The van der Waals surface area contributed by atoms with Crippen molar-refractivity contribution in [3.05, 3.63) is 48.5 Å². The Bertz CT molecular complexity index is 667. The molecule has 0 aromatic carbocycles. The van der Waals surface area contributed by atoms with E-state index in [4.69, 9.17) is 17.0 Å². The second-order valence-corrected chi connectivity index (χ2v) is 6.37. The van der Waals surface area contributed by atoms with Crippen LogP contribution in [-0.2, 0) is 0 Å². The van der Waals surface area contributed by atoms with Gasteiger partial charge in [0.15, 0.2) is 5.11 Å². The first-order valence-electron chi connectivity index (χ1n) is 10.9. The van der Waals surface area contributed by atoms with Crippen LogP contribution < -0.4 is 20.7 Å². The summed E-state index contributed by atoms with van der Waals surface area (Å²) in [5.74, 6) is 1.74. The number of thiocarbonyl (C=S) groups is 1. The Balaban J connectivity index is 0.00000198. The number of nitrogens with zero attached hydrogens (tertiary/aromatic N) is 2. The van der Waals surface area contributed by atoms with Crippen LogP contribution in [0, 0.1) is 5.92 Å². The fourth-order valence-electron chi connectivity index (χ4n) is 2.54. The summed E-state index contributed by atoms with van der Waals surface area (Å²) in [7, 11) is 0. The van der Waals surface area contributed by atoms with Gasteiger partial charge in [0.25, 0.3) is 0 Å². The highest BCUT2D eigenvalue weighted by atomic mass is 32.1. The minimum Gasteiger partial charge on any atom is -0.477 e. The summed E-state index contributed by atoms with van der Waals surface area (Å²) >= 11 is 5.28. The highest BCUT2D eigenvalue weighted by molar-refractivity contribution is 7.80. The largest absolute Gasteiger partial charge is 0.477 e. The first-order chi connectivity index (χ1) is 14.7. The number of allylic oxidation sites excluding steroid dienone is 5. The molecule has 0 saturated carbocycles. The van der Waals surface area contributed by atoms with Gasteiger partial charge in [-0.25, -0.2) is 9.97 Å². The summed E-state index contributed by atoms with van der Waals surface area (Å²) in [6, 6.07) is 1.76. The van der Waals surface area contributed by atoms with Crippen LogP contribution in [0.15, 0.2) is 48.5 Å². The number of ether oxygens (including phenoxy) is 1. The minimum absolute atomic E-state index is 0.459. The predicted molar refractivity (Wildman–Crippen MR) is 133 cm³/mol. The number of hydrogen-bond donors (Lipinski definition) is 3. The molecule has 0 unspecified atom stereocenters. The normalized spacial score (nSPS) is 14.4. The van der Waals surface area contributed by atoms with Crippen molar-refractivity contribution < 1.29 is 4.74 Å². The molecule has 0 atom stereocenters. The van der Waals surface area contributed by atoms with Gasteiger partial charge in [0, 0.05) is 12.3 Å². The standard InChI is InChI=1S/C19H27N5OS.2C2H6/c1-3-5-15(4-2)8-11-21-19(26)24-17-12-18(23-14-22-17)25-13-16-6-9-20-10-7-16;2*1-2/h3-5,8,11-12,14,16,20H,6-7,9-10,13H2,1-2H3,(H2,21,22,23,24,26);2*1-2H3/b5-3-,11-8+,15-4+;;. The van der Waals surface area contributed by atoms with Crippen molar-refractivity contribution >= 4 is 23.1 Å². The molecule has 1 saturated heterocycles. The summed E-state index contributed by atoms with van der Waals surface area (Å²) in [5, 5.41) is 9.86. The molecule has 2 rings (SSSR count). The van der Waals surface area contributed by atoms with Crippen molar-refractivity contribution in [2.75, 3.05) is 25.0 Å². The molecule has 30 heavy (non-hydrogen) atoms. The maximum absolute atomic E-state index is 5.81. The number of hydrogen-bond acceptors (Lipinski definition) is 5. The van der Waals surface area contributed by atoms with Crippen molar-refractivity contribution in [3.63, 3.8) is 0 Å². The fourth-order valence-corrected chi connectivity index (χ4v) is 2.72. The summed E-state index contributed by atoms with van der Waals surface area (Å²) < 4.78 is 5.81. The van der Waals surface area contributed by atoms with Crippen LogP contribution in [0.25, 0.3) is 0 Å². The Morgan fingerprint density at radius 3 is 2.50 bits per heavy atom. The Labute approximate surface area is 188 Å². The lowest BCUT2D eigenvalue weighted by molar-refractivity contribution is 0.209. The first kappa shape index (κ1) is 27.8. The van der Waals surface area contributed by atoms with E-state index in [-0.39, 0.29) is 0 Å². The molecule has 0 aliphatic carbocycles. The molecule has 0 spiro atoms. The summed E-state index contributed by atoms with van der Waals surface area (Å²) in [5.41, 5.74) is 1.10. The van der Waals surface area contributed by atoms with E-state index in [1.807, 2.05) is 65.8 Å². The van der Waals surface area contributed by atoms with Crippen LogP contribution >= 0.6 is 12.2 Å². The van der Waals surface area contributed by atoms with Gasteiger partial charge in [0.2, 0.25) is 5.88 Å². The van der Waals surface area contributed by atoms with Crippen LogP contribution in [0.2, 0.25) is 0 Å². The van der Waals surface area contributed by atoms with Gasteiger partial charge < -0.3 is 20.7 Å². The molecule has 0 bridgehead atoms. The highest BCUT2D eigenvalue weighted by Crippen LogP contribution is 2.16. The number of nitrogens with one attached hydrogen (secondary N) is 3. The molecule has 1 aliphatic heterocycles. The zero-order valence-electron chi connectivity index (χ0n) is 19.4. The van der Waals surface area contributed by atoms with Crippen molar-refractivity contribution in [1.29, 1.82) is 0 Å². The summed E-state index contributed by atoms with van der Waals surface area (Å²) in [4.78, 5) is 8.34. The Morgan fingerprint density at radius 1 is 1.17 bits per heavy atom. The first-order valence-corrected chi connectivity index (χ1v) is 11.3. The average Bonchev–Trinajstić information content (AvgIpc) is 2.80. The molecular weight excluding hydrogens is 394 g/mol. The molecule has 0 amide bonds. The third kappa shape index (κ3) is 12.3. The maximum Gasteiger partial charge on any atom is 0.218 e. The van der Waals surface area contributed by atoms with Crippen molar-refractivity contribution in [1.82, 2.24) is 20.6 Å². The molecule has 3 N–H and O–H groups in total. The fraction of sp³-hybridized carbons (Fsp3) is 0.522. The molecule has 2 heterocycles. The van der Waals surface area contributed by atoms with Crippen LogP contribution in [0.4, 0.5) is 5.82 Å². The van der Waals surface area contributed by atoms with Gasteiger partial charge in [0.1, 0.15) is 12.1 Å². The number of aromatic nitrogens is 2. The number of rotatable bonds is 7. The monoisotopic (exact) mass is 433 g/mol. The Kier molecular flexibility index (Phi) is 17.4.